The van der Waals surface area contributed by atoms with Crippen LogP contribution in [0, 0.1) is 10.1 Å². The van der Waals surface area contributed by atoms with E-state index < -0.39 is 10.8 Å². The normalized spacial score (nSPS) is 11.0. The van der Waals surface area contributed by atoms with Gasteiger partial charge in [0.05, 0.1) is 15.5 Å². The number of nitrogens with zero attached hydrogens (tertiary/aromatic N) is 1. The number of carbonyl (C=O) groups is 1. The number of non-ortho nitro benzene ring substituents is 1. The first-order valence-corrected chi connectivity index (χ1v) is 8.07. The molecule has 0 atom stereocenters. The van der Waals surface area contributed by atoms with Gasteiger partial charge in [0.2, 0.25) is 0 Å². The molecule has 1 heterocycles. The Kier molecular flexibility index (Phi) is 3.82. The van der Waals surface area contributed by atoms with Gasteiger partial charge in [0.1, 0.15) is 11.2 Å². The van der Waals surface area contributed by atoms with Crippen LogP contribution in [0.4, 0.5) is 11.4 Å². The molecule has 3 aromatic carbocycles. The molecule has 1 aromatic heterocycles. The molecule has 128 valence electrons. The molecule has 4 rings (SSSR count). The zero-order valence-electron chi connectivity index (χ0n) is 13.2. The largest absolute Gasteiger partial charge is 0.456 e. The Balaban J connectivity index is 1.71. The number of nitro groups is 1. The number of rotatable bonds is 3. The summed E-state index contributed by atoms with van der Waals surface area (Å²) in [6, 6.07) is 16.6. The second-order valence-electron chi connectivity index (χ2n) is 5.68. The molecule has 0 saturated heterocycles. The zero-order chi connectivity index (χ0) is 18.3. The smallest absolute Gasteiger partial charge is 0.270 e. The van der Waals surface area contributed by atoms with E-state index in [2.05, 4.69) is 5.32 Å². The number of nitrogens with one attached hydrogen (secondary N) is 1. The molecular weight excluding hydrogens is 356 g/mol. The van der Waals surface area contributed by atoms with Gasteiger partial charge in [-0.15, -0.1) is 0 Å². The summed E-state index contributed by atoms with van der Waals surface area (Å²) in [6.07, 6.45) is 0. The fourth-order valence-electron chi connectivity index (χ4n) is 2.80. The first kappa shape index (κ1) is 16.1. The van der Waals surface area contributed by atoms with Gasteiger partial charge in [-0.05, 0) is 30.3 Å². The summed E-state index contributed by atoms with van der Waals surface area (Å²) in [5, 5.41) is 15.6. The van der Waals surface area contributed by atoms with Crippen LogP contribution in [0.1, 0.15) is 10.4 Å². The van der Waals surface area contributed by atoms with Gasteiger partial charge in [0.25, 0.3) is 11.6 Å². The van der Waals surface area contributed by atoms with Crippen molar-refractivity contribution in [3.05, 3.63) is 81.4 Å². The van der Waals surface area contributed by atoms with E-state index >= 15 is 0 Å². The van der Waals surface area contributed by atoms with Crippen molar-refractivity contribution in [1.82, 2.24) is 0 Å². The Morgan fingerprint density at radius 3 is 2.58 bits per heavy atom. The Morgan fingerprint density at radius 1 is 1.00 bits per heavy atom. The molecule has 0 radical (unpaired) electrons. The van der Waals surface area contributed by atoms with Crippen LogP contribution in [-0.2, 0) is 0 Å². The Bertz CT molecular complexity index is 1180. The molecule has 0 unspecified atom stereocenters. The van der Waals surface area contributed by atoms with Crippen molar-refractivity contribution in [1.29, 1.82) is 0 Å². The molecule has 0 saturated carbocycles. The van der Waals surface area contributed by atoms with E-state index in [1.165, 1.54) is 12.1 Å². The highest BCUT2D eigenvalue weighted by atomic mass is 35.5. The van der Waals surface area contributed by atoms with Crippen molar-refractivity contribution >= 4 is 50.8 Å². The first-order chi connectivity index (χ1) is 12.5. The van der Waals surface area contributed by atoms with Crippen LogP contribution in [0.5, 0.6) is 0 Å². The Hall–Kier alpha value is -3.38. The number of halogens is 1. The summed E-state index contributed by atoms with van der Waals surface area (Å²) >= 11 is 6.02. The standard InChI is InChI=1S/C19H11ClN2O4/c20-16-7-6-12(22(24)25)10-15(16)19(23)21-11-5-8-18-14(9-11)13-3-1-2-4-17(13)26-18/h1-10H,(H,21,23). The first-order valence-electron chi connectivity index (χ1n) is 7.69. The van der Waals surface area contributed by atoms with E-state index in [1.807, 2.05) is 24.3 Å². The van der Waals surface area contributed by atoms with Crippen LogP contribution >= 0.6 is 11.6 Å². The van der Waals surface area contributed by atoms with E-state index in [1.54, 1.807) is 18.2 Å². The van der Waals surface area contributed by atoms with Crippen molar-refractivity contribution < 1.29 is 14.1 Å². The summed E-state index contributed by atoms with van der Waals surface area (Å²) < 4.78 is 5.75. The topological polar surface area (TPSA) is 85.4 Å². The fraction of sp³-hybridized carbons (Fsp3) is 0. The van der Waals surface area contributed by atoms with Gasteiger partial charge in [-0.25, -0.2) is 0 Å². The van der Waals surface area contributed by atoms with E-state index in [0.29, 0.717) is 11.3 Å². The lowest BCUT2D eigenvalue weighted by Crippen LogP contribution is -2.12. The molecule has 0 fully saturated rings. The quantitative estimate of drug-likeness (QED) is 0.388. The van der Waals surface area contributed by atoms with Gasteiger partial charge in [0, 0.05) is 28.6 Å². The van der Waals surface area contributed by atoms with Crippen LogP contribution in [0.3, 0.4) is 0 Å². The summed E-state index contributed by atoms with van der Waals surface area (Å²) in [7, 11) is 0. The lowest BCUT2D eigenvalue weighted by atomic mass is 10.1. The molecule has 26 heavy (non-hydrogen) atoms. The van der Waals surface area contributed by atoms with Crippen molar-refractivity contribution in [2.45, 2.75) is 0 Å². The lowest BCUT2D eigenvalue weighted by molar-refractivity contribution is -0.384. The molecule has 0 aliphatic carbocycles. The van der Waals surface area contributed by atoms with E-state index in [9.17, 15) is 14.9 Å². The van der Waals surface area contributed by atoms with Gasteiger partial charge in [-0.3, -0.25) is 14.9 Å². The summed E-state index contributed by atoms with van der Waals surface area (Å²) in [5.74, 6) is -0.522. The number of carbonyl (C=O) groups excluding carboxylic acids is 1. The molecule has 0 bridgehead atoms. The second kappa shape index (κ2) is 6.16. The van der Waals surface area contributed by atoms with Crippen LogP contribution in [-0.4, -0.2) is 10.8 Å². The highest BCUT2D eigenvalue weighted by Crippen LogP contribution is 2.31. The van der Waals surface area contributed by atoms with Gasteiger partial charge < -0.3 is 9.73 Å². The minimum absolute atomic E-state index is 0.0398. The number of hydrogen-bond acceptors (Lipinski definition) is 4. The number of fused-ring (bicyclic) bond motifs is 3. The molecule has 0 aliphatic heterocycles. The van der Waals surface area contributed by atoms with Gasteiger partial charge in [-0.2, -0.15) is 0 Å². The van der Waals surface area contributed by atoms with E-state index in [4.69, 9.17) is 16.0 Å². The summed E-state index contributed by atoms with van der Waals surface area (Å²) in [4.78, 5) is 22.8. The highest BCUT2D eigenvalue weighted by Gasteiger charge is 2.16. The van der Waals surface area contributed by atoms with E-state index in [-0.39, 0.29) is 16.3 Å². The summed E-state index contributed by atoms with van der Waals surface area (Å²) in [6.45, 7) is 0. The molecule has 0 aliphatic rings. The van der Waals surface area contributed by atoms with E-state index in [0.717, 1.165) is 22.4 Å². The van der Waals surface area contributed by atoms with Crippen LogP contribution in [0.25, 0.3) is 21.9 Å². The Labute approximate surface area is 152 Å². The van der Waals surface area contributed by atoms with Gasteiger partial charge >= 0.3 is 0 Å². The van der Waals surface area contributed by atoms with Crippen molar-refractivity contribution in [3.8, 4) is 0 Å². The van der Waals surface area contributed by atoms with Crippen LogP contribution < -0.4 is 5.32 Å². The van der Waals surface area contributed by atoms with Crippen LogP contribution in [0.15, 0.2) is 65.1 Å². The maximum absolute atomic E-state index is 12.5. The monoisotopic (exact) mass is 366 g/mol. The third-order valence-electron chi connectivity index (χ3n) is 4.04. The third kappa shape index (κ3) is 2.76. The SMILES string of the molecule is O=C(Nc1ccc2oc3ccccc3c2c1)c1cc([N+](=O)[O-])ccc1Cl. The number of amides is 1. The fourth-order valence-corrected chi connectivity index (χ4v) is 3.01. The minimum Gasteiger partial charge on any atom is -0.456 e. The number of furan rings is 1. The average Bonchev–Trinajstić information content (AvgIpc) is 3.00. The molecule has 6 nitrogen and oxygen atoms in total. The van der Waals surface area contributed by atoms with Gasteiger partial charge in [0.15, 0.2) is 0 Å². The highest BCUT2D eigenvalue weighted by molar-refractivity contribution is 6.34. The molecular formula is C19H11ClN2O4. The average molecular weight is 367 g/mol. The lowest BCUT2D eigenvalue weighted by Gasteiger charge is -2.07. The predicted molar refractivity (Wildman–Crippen MR) is 99.8 cm³/mol. The molecule has 4 aromatic rings. The molecule has 0 spiro atoms. The second-order valence-corrected chi connectivity index (χ2v) is 6.09. The maximum atomic E-state index is 12.5. The number of hydrogen-bond donors (Lipinski definition) is 1. The van der Waals surface area contributed by atoms with Crippen molar-refractivity contribution in [3.63, 3.8) is 0 Å². The molecule has 7 heteroatoms. The molecule has 1 amide bonds. The van der Waals surface area contributed by atoms with Crippen molar-refractivity contribution in [2.24, 2.45) is 0 Å². The summed E-state index contributed by atoms with van der Waals surface area (Å²) in [5.41, 5.74) is 1.84. The minimum atomic E-state index is -0.573. The van der Waals surface area contributed by atoms with Crippen LogP contribution in [0.2, 0.25) is 5.02 Å². The number of nitro benzene ring substituents is 1. The number of anilines is 1. The number of para-hydroxylation sites is 1. The number of benzene rings is 3. The third-order valence-corrected chi connectivity index (χ3v) is 4.37. The Morgan fingerprint density at radius 2 is 1.77 bits per heavy atom. The van der Waals surface area contributed by atoms with Gasteiger partial charge in [-0.1, -0.05) is 29.8 Å². The molecule has 1 N–H and O–H groups in total. The zero-order valence-corrected chi connectivity index (χ0v) is 14.0. The van der Waals surface area contributed by atoms with Crippen molar-refractivity contribution in [2.75, 3.05) is 5.32 Å². The maximum Gasteiger partial charge on any atom is 0.270 e. The predicted octanol–water partition coefficient (Wildman–Crippen LogP) is 5.40.